The summed E-state index contributed by atoms with van der Waals surface area (Å²) < 4.78 is 3.13. The monoisotopic (exact) mass is 565 g/mol. The molecule has 0 aliphatic carbocycles. The van der Waals surface area contributed by atoms with Gasteiger partial charge in [0.05, 0.1) is 26.5 Å². The van der Waals surface area contributed by atoms with Gasteiger partial charge in [-0.05, 0) is 58.0 Å². The van der Waals surface area contributed by atoms with E-state index in [4.69, 9.17) is 34.8 Å². The molecule has 2 heterocycles. The van der Waals surface area contributed by atoms with Gasteiger partial charge in [-0.3, -0.25) is 9.59 Å². The van der Waals surface area contributed by atoms with Gasteiger partial charge in [0, 0.05) is 25.2 Å². The maximum absolute atomic E-state index is 14.3. The minimum Gasteiger partial charge on any atom is -0.268 e. The second-order valence-electron chi connectivity index (χ2n) is 10.0. The summed E-state index contributed by atoms with van der Waals surface area (Å²) in [5, 5.41) is 5.00. The molecule has 6 aromatic rings. The molecule has 0 spiro atoms. The molecule has 0 unspecified atom stereocenters. The smallest absolute Gasteiger partial charge is 0.267 e. The van der Waals surface area contributed by atoms with Gasteiger partial charge >= 0.3 is 0 Å². The summed E-state index contributed by atoms with van der Waals surface area (Å²) in [4.78, 5) is 28.5. The van der Waals surface area contributed by atoms with Crippen LogP contribution >= 0.6 is 46.1 Å². The highest BCUT2D eigenvalue weighted by Gasteiger charge is 2.26. The summed E-state index contributed by atoms with van der Waals surface area (Å²) in [6, 6.07) is 15.3. The summed E-state index contributed by atoms with van der Waals surface area (Å²) >= 11 is 21.5. The molecule has 0 radical (unpaired) electrons. The molecule has 186 valence electrons. The van der Waals surface area contributed by atoms with Crippen LogP contribution in [0.15, 0.2) is 58.1 Å². The molecule has 3 nitrogen and oxygen atoms in total. The standard InChI is InChI=1S/C30H22Cl3NO2S/c1-13(2)16-6-5-7-17(14(3)4)28(16)34-29(35)25-20(32)11-19-18-9-8-15(31)10-22(18)37-23-12-21(33)26(30(34)36)27(25)24(19)23/h5-14H,1-4H3. The number of pyridine rings is 1. The van der Waals surface area contributed by atoms with E-state index < -0.39 is 11.1 Å². The molecule has 2 aromatic heterocycles. The molecule has 7 heteroatoms. The molecule has 0 saturated heterocycles. The molecule has 0 amide bonds. The maximum Gasteiger partial charge on any atom is 0.267 e. The average Bonchev–Trinajstić information content (AvgIpc) is 2.83. The summed E-state index contributed by atoms with van der Waals surface area (Å²) in [7, 11) is 0. The molecular weight excluding hydrogens is 545 g/mol. The average molecular weight is 567 g/mol. The zero-order valence-electron chi connectivity index (χ0n) is 20.6. The Morgan fingerprint density at radius 3 is 1.86 bits per heavy atom. The number of hydrogen-bond acceptors (Lipinski definition) is 3. The second-order valence-corrected chi connectivity index (χ2v) is 12.4. The lowest BCUT2D eigenvalue weighted by Gasteiger charge is -2.22. The highest BCUT2D eigenvalue weighted by atomic mass is 35.5. The molecule has 0 N–H and O–H groups in total. The van der Waals surface area contributed by atoms with Crippen molar-refractivity contribution >= 4 is 87.9 Å². The van der Waals surface area contributed by atoms with Crippen LogP contribution in [0.1, 0.15) is 50.7 Å². The van der Waals surface area contributed by atoms with E-state index >= 15 is 0 Å². The van der Waals surface area contributed by atoms with Gasteiger partial charge in [-0.15, -0.1) is 11.3 Å². The zero-order chi connectivity index (χ0) is 26.3. The van der Waals surface area contributed by atoms with Gasteiger partial charge in [-0.25, -0.2) is 4.57 Å². The number of halogens is 3. The summed E-state index contributed by atoms with van der Waals surface area (Å²) in [6.45, 7) is 8.23. The predicted octanol–water partition coefficient (Wildman–Crippen LogP) is 9.52. The molecule has 6 rings (SSSR count). The van der Waals surface area contributed by atoms with Crippen molar-refractivity contribution in [2.75, 3.05) is 0 Å². The van der Waals surface area contributed by atoms with E-state index in [2.05, 4.69) is 27.7 Å². The molecular formula is C30H22Cl3NO2S. The Hall–Kier alpha value is -2.63. The van der Waals surface area contributed by atoms with Crippen LogP contribution in [0, 0.1) is 0 Å². The molecule has 37 heavy (non-hydrogen) atoms. The normalized spacial score (nSPS) is 12.4. The number of para-hydroxylation sites is 1. The molecule has 4 aromatic carbocycles. The fraction of sp³-hybridized carbons (Fsp3) is 0.200. The molecule has 0 aliphatic heterocycles. The number of benzene rings is 4. The third-order valence-corrected chi connectivity index (χ3v) is 9.06. The molecule has 0 fully saturated rings. The van der Waals surface area contributed by atoms with Gasteiger partial charge < -0.3 is 0 Å². The van der Waals surface area contributed by atoms with Crippen molar-refractivity contribution in [3.05, 3.63) is 95.4 Å². The van der Waals surface area contributed by atoms with Gasteiger partial charge in [0.15, 0.2) is 0 Å². The van der Waals surface area contributed by atoms with Crippen molar-refractivity contribution in [1.82, 2.24) is 4.57 Å². The topological polar surface area (TPSA) is 39.1 Å². The van der Waals surface area contributed by atoms with Crippen LogP contribution in [0.2, 0.25) is 15.1 Å². The van der Waals surface area contributed by atoms with Gasteiger partial charge in [-0.1, -0.05) is 86.8 Å². The first-order chi connectivity index (χ1) is 17.6. The fourth-order valence-electron chi connectivity index (χ4n) is 5.46. The van der Waals surface area contributed by atoms with E-state index in [9.17, 15) is 9.59 Å². The van der Waals surface area contributed by atoms with Gasteiger partial charge in [0.25, 0.3) is 11.1 Å². The van der Waals surface area contributed by atoms with Crippen molar-refractivity contribution in [3.63, 3.8) is 0 Å². The quantitative estimate of drug-likeness (QED) is 0.158. The predicted molar refractivity (Wildman–Crippen MR) is 161 cm³/mol. The molecule has 0 saturated carbocycles. The highest BCUT2D eigenvalue weighted by Crippen LogP contribution is 2.45. The zero-order valence-corrected chi connectivity index (χ0v) is 23.7. The lowest BCUT2D eigenvalue weighted by atomic mass is 9.91. The fourth-order valence-corrected chi connectivity index (χ4v) is 7.53. The van der Waals surface area contributed by atoms with E-state index in [-0.39, 0.29) is 11.8 Å². The van der Waals surface area contributed by atoms with Crippen LogP contribution < -0.4 is 11.1 Å². The molecule has 0 bridgehead atoms. The maximum atomic E-state index is 14.3. The summed E-state index contributed by atoms with van der Waals surface area (Å²) in [5.41, 5.74) is 1.63. The number of hydrogen-bond donors (Lipinski definition) is 0. The molecule has 0 aliphatic rings. The van der Waals surface area contributed by atoms with Crippen molar-refractivity contribution < 1.29 is 0 Å². The van der Waals surface area contributed by atoms with Crippen LogP contribution in [0.3, 0.4) is 0 Å². The Labute approximate surface area is 232 Å². The lowest BCUT2D eigenvalue weighted by molar-refractivity contribution is 0.793. The SMILES string of the molecule is CC(C)c1cccc(C(C)C)c1-n1c(=O)c2c(Cl)cc3sc4cc(Cl)ccc4c4cc(Cl)c(c1=O)c2c34. The lowest BCUT2D eigenvalue weighted by Crippen LogP contribution is -2.34. The van der Waals surface area contributed by atoms with Crippen LogP contribution in [0.5, 0.6) is 0 Å². The Balaban J connectivity index is 1.90. The third-order valence-electron chi connectivity index (χ3n) is 7.13. The van der Waals surface area contributed by atoms with Crippen molar-refractivity contribution in [2.24, 2.45) is 0 Å². The number of fused-ring (bicyclic) bond motifs is 2. The van der Waals surface area contributed by atoms with E-state index in [1.165, 1.54) is 15.9 Å². The first-order valence-electron chi connectivity index (χ1n) is 12.1. The summed E-state index contributed by atoms with van der Waals surface area (Å²) in [5.74, 6) is 0.188. The van der Waals surface area contributed by atoms with Crippen LogP contribution in [-0.2, 0) is 0 Å². The number of rotatable bonds is 3. The van der Waals surface area contributed by atoms with E-state index in [1.807, 2.05) is 48.5 Å². The van der Waals surface area contributed by atoms with Crippen molar-refractivity contribution in [1.29, 1.82) is 0 Å². The Morgan fingerprint density at radius 1 is 0.676 bits per heavy atom. The van der Waals surface area contributed by atoms with Crippen molar-refractivity contribution in [2.45, 2.75) is 39.5 Å². The van der Waals surface area contributed by atoms with Gasteiger partial charge in [0.1, 0.15) is 0 Å². The second kappa shape index (κ2) is 8.71. The highest BCUT2D eigenvalue weighted by molar-refractivity contribution is 7.25. The number of aromatic nitrogens is 1. The Morgan fingerprint density at radius 2 is 1.27 bits per heavy atom. The minimum absolute atomic E-state index is 0.0942. The largest absolute Gasteiger partial charge is 0.268 e. The first kappa shape index (κ1) is 24.7. The third kappa shape index (κ3) is 3.54. The minimum atomic E-state index is -0.427. The summed E-state index contributed by atoms with van der Waals surface area (Å²) in [6.07, 6.45) is 0. The number of nitrogens with zero attached hydrogens (tertiary/aromatic N) is 1. The first-order valence-corrected chi connectivity index (χ1v) is 14.0. The van der Waals surface area contributed by atoms with Crippen LogP contribution in [0.4, 0.5) is 0 Å². The Bertz CT molecular complexity index is 1960. The van der Waals surface area contributed by atoms with E-state index in [1.54, 1.807) is 0 Å². The van der Waals surface area contributed by atoms with E-state index in [0.717, 1.165) is 36.7 Å². The molecule has 0 atom stereocenters. The Kier molecular flexibility index (Phi) is 5.81. The van der Waals surface area contributed by atoms with Crippen LogP contribution in [0.25, 0.3) is 47.4 Å². The van der Waals surface area contributed by atoms with Crippen molar-refractivity contribution in [3.8, 4) is 5.69 Å². The van der Waals surface area contributed by atoms with E-state index in [0.29, 0.717) is 36.9 Å². The van der Waals surface area contributed by atoms with Gasteiger partial charge in [0.2, 0.25) is 0 Å². The van der Waals surface area contributed by atoms with Gasteiger partial charge in [-0.2, -0.15) is 0 Å². The van der Waals surface area contributed by atoms with Crippen LogP contribution in [-0.4, -0.2) is 4.57 Å².